The van der Waals surface area contributed by atoms with Gasteiger partial charge in [-0.3, -0.25) is 4.99 Å². The maximum absolute atomic E-state index is 4.48. The predicted octanol–water partition coefficient (Wildman–Crippen LogP) is 3.49. The molecule has 0 amide bonds. The normalized spacial score (nSPS) is 14.6. The first-order valence-electron chi connectivity index (χ1n) is 9.66. The molecule has 0 bridgehead atoms. The van der Waals surface area contributed by atoms with Crippen LogP contribution in [0.5, 0.6) is 0 Å². The summed E-state index contributed by atoms with van der Waals surface area (Å²) in [5, 5.41) is 11.3. The molecule has 1 aliphatic rings. The van der Waals surface area contributed by atoms with Crippen molar-refractivity contribution < 1.29 is 0 Å². The van der Waals surface area contributed by atoms with Gasteiger partial charge in [0.15, 0.2) is 5.96 Å². The smallest absolute Gasteiger partial charge is 0.193 e. The molecule has 29 heavy (non-hydrogen) atoms. The number of aliphatic imine (C=N–C) groups is 1. The Hall–Kier alpha value is -2.07. The minimum absolute atomic E-state index is 0. The van der Waals surface area contributed by atoms with E-state index in [0.29, 0.717) is 0 Å². The number of thiophene rings is 1. The van der Waals surface area contributed by atoms with Gasteiger partial charge in [-0.15, -0.1) is 35.3 Å². The maximum atomic E-state index is 4.48. The van der Waals surface area contributed by atoms with Crippen molar-refractivity contribution in [2.45, 2.75) is 6.42 Å². The van der Waals surface area contributed by atoms with Crippen LogP contribution in [0.4, 0.5) is 5.00 Å². The van der Waals surface area contributed by atoms with E-state index >= 15 is 0 Å². The van der Waals surface area contributed by atoms with E-state index in [1.165, 1.54) is 10.6 Å². The molecule has 1 N–H and O–H groups in total. The number of nitrogens with one attached hydrogen (secondary N) is 1. The molecule has 8 heteroatoms. The number of guanidine groups is 1. The molecular weight excluding hydrogens is 495 g/mol. The Balaban J connectivity index is 0.00000240. The highest BCUT2D eigenvalue weighted by molar-refractivity contribution is 14.0. The van der Waals surface area contributed by atoms with E-state index in [0.717, 1.165) is 50.8 Å². The van der Waals surface area contributed by atoms with E-state index < -0.39 is 0 Å². The molecule has 0 radical (unpaired) electrons. The summed E-state index contributed by atoms with van der Waals surface area (Å²) in [6.07, 6.45) is 4.72. The second-order valence-corrected chi connectivity index (χ2v) is 7.69. The van der Waals surface area contributed by atoms with Gasteiger partial charge in [0.1, 0.15) is 0 Å². The Bertz CT molecular complexity index is 869. The standard InChI is InChI=1S/C21H26N6S.HI/c1-22-21(26-15-13-25(14-16-26)20-4-2-17-28-20)23-11-9-18-5-7-19(8-6-18)27-12-3-10-24-27;/h2-8,10,12,17H,9,11,13-16H2,1H3,(H,22,23);1H. The van der Waals surface area contributed by atoms with Gasteiger partial charge in [0.05, 0.1) is 10.7 Å². The number of nitrogens with zero attached hydrogens (tertiary/aromatic N) is 5. The highest BCUT2D eigenvalue weighted by Crippen LogP contribution is 2.22. The molecule has 0 aliphatic carbocycles. The van der Waals surface area contributed by atoms with Crippen LogP contribution in [0.1, 0.15) is 5.56 Å². The van der Waals surface area contributed by atoms with Gasteiger partial charge in [-0.2, -0.15) is 5.10 Å². The van der Waals surface area contributed by atoms with Crippen LogP contribution < -0.4 is 10.2 Å². The zero-order chi connectivity index (χ0) is 19.2. The van der Waals surface area contributed by atoms with Crippen LogP contribution in [0.3, 0.4) is 0 Å². The summed E-state index contributed by atoms with van der Waals surface area (Å²) in [7, 11) is 1.87. The molecule has 0 spiro atoms. The summed E-state index contributed by atoms with van der Waals surface area (Å²) in [5.74, 6) is 0.999. The van der Waals surface area contributed by atoms with Crippen LogP contribution in [0.15, 0.2) is 65.2 Å². The Kier molecular flexibility index (Phi) is 7.93. The molecule has 1 fully saturated rings. The van der Waals surface area contributed by atoms with Crippen molar-refractivity contribution in [3.05, 3.63) is 65.8 Å². The van der Waals surface area contributed by atoms with Crippen molar-refractivity contribution in [1.29, 1.82) is 0 Å². The molecule has 154 valence electrons. The zero-order valence-corrected chi connectivity index (χ0v) is 19.7. The first-order chi connectivity index (χ1) is 13.8. The summed E-state index contributed by atoms with van der Waals surface area (Å²) in [6.45, 7) is 4.94. The van der Waals surface area contributed by atoms with Crippen molar-refractivity contribution in [2.75, 3.05) is 44.7 Å². The van der Waals surface area contributed by atoms with Crippen LogP contribution >= 0.6 is 35.3 Å². The van der Waals surface area contributed by atoms with Gasteiger partial charge in [-0.05, 0) is 47.7 Å². The summed E-state index contributed by atoms with van der Waals surface area (Å²) in [5.41, 5.74) is 2.39. The largest absolute Gasteiger partial charge is 0.360 e. The molecule has 1 aliphatic heterocycles. The first kappa shape index (κ1) is 21.6. The summed E-state index contributed by atoms with van der Waals surface area (Å²) >= 11 is 1.81. The van der Waals surface area contributed by atoms with Gasteiger partial charge in [-0.1, -0.05) is 12.1 Å². The lowest BCUT2D eigenvalue weighted by Crippen LogP contribution is -2.52. The number of hydrogen-bond acceptors (Lipinski definition) is 4. The summed E-state index contributed by atoms with van der Waals surface area (Å²) in [4.78, 5) is 9.29. The number of rotatable bonds is 5. The number of aromatic nitrogens is 2. The van der Waals surface area contributed by atoms with Crippen LogP contribution in [0, 0.1) is 0 Å². The Labute approximate surface area is 193 Å². The molecule has 2 aromatic heterocycles. The van der Waals surface area contributed by atoms with Crippen molar-refractivity contribution in [1.82, 2.24) is 20.0 Å². The third kappa shape index (κ3) is 5.51. The number of piperazine rings is 1. The molecule has 4 rings (SSSR count). The number of benzene rings is 1. The average molecular weight is 522 g/mol. The van der Waals surface area contributed by atoms with Crippen molar-refractivity contribution >= 4 is 46.3 Å². The number of hydrogen-bond donors (Lipinski definition) is 1. The van der Waals surface area contributed by atoms with Crippen LogP contribution in [0.2, 0.25) is 0 Å². The lowest BCUT2D eigenvalue weighted by atomic mass is 10.1. The second kappa shape index (κ2) is 10.6. The van der Waals surface area contributed by atoms with E-state index in [-0.39, 0.29) is 24.0 Å². The van der Waals surface area contributed by atoms with Crippen molar-refractivity contribution in [2.24, 2.45) is 4.99 Å². The van der Waals surface area contributed by atoms with Gasteiger partial charge in [0.25, 0.3) is 0 Å². The van der Waals surface area contributed by atoms with Gasteiger partial charge in [0, 0.05) is 52.2 Å². The van der Waals surface area contributed by atoms with Crippen molar-refractivity contribution in [3.8, 4) is 5.69 Å². The fourth-order valence-electron chi connectivity index (χ4n) is 3.48. The van der Waals surface area contributed by atoms with E-state index in [2.05, 4.69) is 67.0 Å². The Morgan fingerprint density at radius 3 is 2.52 bits per heavy atom. The van der Waals surface area contributed by atoms with E-state index in [9.17, 15) is 0 Å². The number of halogens is 1. The molecular formula is C21H27IN6S. The Morgan fingerprint density at radius 2 is 1.90 bits per heavy atom. The molecule has 0 atom stereocenters. The second-order valence-electron chi connectivity index (χ2n) is 6.77. The molecule has 6 nitrogen and oxygen atoms in total. The minimum atomic E-state index is 0. The summed E-state index contributed by atoms with van der Waals surface area (Å²) in [6, 6.07) is 14.8. The summed E-state index contributed by atoms with van der Waals surface area (Å²) < 4.78 is 1.87. The highest BCUT2D eigenvalue weighted by atomic mass is 127. The van der Waals surface area contributed by atoms with Crippen LogP contribution in [-0.2, 0) is 6.42 Å². The average Bonchev–Trinajstić information content (AvgIpc) is 3.46. The molecule has 1 aromatic carbocycles. The SMILES string of the molecule is CN=C(NCCc1ccc(-n2cccn2)cc1)N1CCN(c2cccs2)CC1.I. The van der Waals surface area contributed by atoms with E-state index in [4.69, 9.17) is 0 Å². The van der Waals surface area contributed by atoms with Gasteiger partial charge in [-0.25, -0.2) is 4.68 Å². The van der Waals surface area contributed by atoms with E-state index in [1.54, 1.807) is 6.20 Å². The number of anilines is 1. The molecule has 1 saturated heterocycles. The van der Waals surface area contributed by atoms with Crippen LogP contribution in [0.25, 0.3) is 5.69 Å². The quantitative estimate of drug-likeness (QED) is 0.317. The molecule has 3 aromatic rings. The van der Waals surface area contributed by atoms with E-state index in [1.807, 2.05) is 35.3 Å². The van der Waals surface area contributed by atoms with Crippen molar-refractivity contribution in [3.63, 3.8) is 0 Å². The third-order valence-corrected chi connectivity index (χ3v) is 5.94. The van der Waals surface area contributed by atoms with Gasteiger partial charge >= 0.3 is 0 Å². The van der Waals surface area contributed by atoms with Gasteiger partial charge < -0.3 is 15.1 Å². The first-order valence-corrected chi connectivity index (χ1v) is 10.5. The fraction of sp³-hybridized carbons (Fsp3) is 0.333. The molecule has 0 saturated carbocycles. The molecule has 0 unspecified atom stereocenters. The fourth-order valence-corrected chi connectivity index (χ4v) is 4.26. The van der Waals surface area contributed by atoms with Crippen LogP contribution in [-0.4, -0.2) is 60.4 Å². The predicted molar refractivity (Wildman–Crippen MR) is 132 cm³/mol. The monoisotopic (exact) mass is 522 g/mol. The minimum Gasteiger partial charge on any atom is -0.360 e. The topological polar surface area (TPSA) is 48.7 Å². The third-order valence-electron chi connectivity index (χ3n) is 5.01. The zero-order valence-electron chi connectivity index (χ0n) is 16.6. The lowest BCUT2D eigenvalue weighted by Gasteiger charge is -2.37. The highest BCUT2D eigenvalue weighted by Gasteiger charge is 2.20. The lowest BCUT2D eigenvalue weighted by molar-refractivity contribution is 0.374. The Morgan fingerprint density at radius 1 is 1.10 bits per heavy atom. The molecule has 3 heterocycles. The van der Waals surface area contributed by atoms with Gasteiger partial charge in [0.2, 0.25) is 0 Å². The maximum Gasteiger partial charge on any atom is 0.193 e.